The predicted octanol–water partition coefficient (Wildman–Crippen LogP) is 10.1. The zero-order valence-corrected chi connectivity index (χ0v) is 22.4. The zero-order chi connectivity index (χ0) is 28.5. The summed E-state index contributed by atoms with van der Waals surface area (Å²) in [5, 5.41) is 19.2. The van der Waals surface area contributed by atoms with Crippen LogP contribution in [0.15, 0.2) is 81.7 Å². The van der Waals surface area contributed by atoms with E-state index in [0.717, 1.165) is 24.3 Å². The number of halogens is 8. The van der Waals surface area contributed by atoms with Gasteiger partial charge in [-0.15, -0.1) is 0 Å². The van der Waals surface area contributed by atoms with Crippen molar-refractivity contribution in [2.24, 2.45) is 0 Å². The molecule has 0 unspecified atom stereocenters. The predicted molar refractivity (Wildman–Crippen MR) is 139 cm³/mol. The molecule has 0 N–H and O–H groups in total. The molecule has 0 atom stereocenters. The maximum absolute atomic E-state index is 13.2. The molecule has 0 aromatic heterocycles. The van der Waals surface area contributed by atoms with Crippen LogP contribution < -0.4 is 4.74 Å². The van der Waals surface area contributed by atoms with Crippen LogP contribution in [-0.4, -0.2) is 0 Å². The van der Waals surface area contributed by atoms with E-state index in [1.807, 2.05) is 0 Å². The van der Waals surface area contributed by atoms with Crippen LogP contribution in [0.3, 0.4) is 0 Å². The third kappa shape index (κ3) is 6.11. The number of hydrogen-bond acceptors (Lipinski definition) is 3. The van der Waals surface area contributed by atoms with Crippen molar-refractivity contribution < 1.29 is 31.1 Å². The Morgan fingerprint density at radius 2 is 0.923 bits per heavy atom. The minimum absolute atomic E-state index is 0.156. The number of nitrogens with zero attached hydrogens (tertiary/aromatic N) is 2. The standard InChI is InChI=1S/C28H12Br2F6N2O/c29-19-3-7-25(23(11-19)21-5-1-17(27(31,32)33)9-15(21)13-37)39-26-8-4-20(30)12-24(26)22-6-2-18(28(34,35)36)10-16(22)14-38/h1-12H. The van der Waals surface area contributed by atoms with Crippen molar-refractivity contribution in [1.82, 2.24) is 0 Å². The molecule has 0 aliphatic carbocycles. The molecule has 0 radical (unpaired) electrons. The van der Waals surface area contributed by atoms with Gasteiger partial charge in [0.1, 0.15) is 11.5 Å². The quantitative estimate of drug-likeness (QED) is 0.204. The van der Waals surface area contributed by atoms with Crippen LogP contribution in [0.4, 0.5) is 26.3 Å². The molecule has 3 nitrogen and oxygen atoms in total. The molecule has 196 valence electrons. The third-order valence-electron chi connectivity index (χ3n) is 5.62. The SMILES string of the molecule is N#Cc1cc(C(F)(F)F)ccc1-c1cc(Br)ccc1Oc1ccc(Br)cc1-c1ccc(C(F)(F)F)cc1C#N. The van der Waals surface area contributed by atoms with Crippen molar-refractivity contribution in [2.75, 3.05) is 0 Å². The first-order chi connectivity index (χ1) is 18.3. The second-order valence-corrected chi connectivity index (χ2v) is 9.95. The average molecular weight is 666 g/mol. The number of benzene rings is 4. The lowest BCUT2D eigenvalue weighted by molar-refractivity contribution is -0.138. The molecule has 4 aromatic rings. The molecule has 4 aromatic carbocycles. The van der Waals surface area contributed by atoms with Crippen LogP contribution in [0, 0.1) is 22.7 Å². The first kappa shape index (κ1) is 28.2. The second kappa shape index (κ2) is 10.8. The van der Waals surface area contributed by atoms with E-state index in [2.05, 4.69) is 31.9 Å². The summed E-state index contributed by atoms with van der Waals surface area (Å²) in [5.41, 5.74) is -1.52. The van der Waals surface area contributed by atoms with Crippen LogP contribution >= 0.6 is 31.9 Å². The highest BCUT2D eigenvalue weighted by atomic mass is 79.9. The summed E-state index contributed by atoms with van der Waals surface area (Å²) in [4.78, 5) is 0. The largest absolute Gasteiger partial charge is 0.456 e. The summed E-state index contributed by atoms with van der Waals surface area (Å²) >= 11 is 6.64. The van der Waals surface area contributed by atoms with Crippen molar-refractivity contribution >= 4 is 31.9 Å². The molecular weight excluding hydrogens is 654 g/mol. The van der Waals surface area contributed by atoms with E-state index in [-0.39, 0.29) is 44.9 Å². The highest BCUT2D eigenvalue weighted by Gasteiger charge is 2.32. The van der Waals surface area contributed by atoms with E-state index in [1.165, 1.54) is 24.3 Å². The van der Waals surface area contributed by atoms with Gasteiger partial charge in [0, 0.05) is 31.2 Å². The van der Waals surface area contributed by atoms with Crippen molar-refractivity contribution in [1.29, 1.82) is 10.5 Å². The minimum Gasteiger partial charge on any atom is -0.456 e. The number of alkyl halides is 6. The molecular formula is C28H12Br2F6N2O. The van der Waals surface area contributed by atoms with Gasteiger partial charge in [0.2, 0.25) is 0 Å². The molecule has 0 fully saturated rings. The van der Waals surface area contributed by atoms with E-state index in [1.54, 1.807) is 36.4 Å². The molecule has 0 amide bonds. The van der Waals surface area contributed by atoms with Gasteiger partial charge in [0.15, 0.2) is 0 Å². The molecule has 0 aliphatic heterocycles. The molecule has 0 bridgehead atoms. The molecule has 0 saturated heterocycles. The lowest BCUT2D eigenvalue weighted by Crippen LogP contribution is -2.05. The fraction of sp³-hybridized carbons (Fsp3) is 0.0714. The summed E-state index contributed by atoms with van der Waals surface area (Å²) in [6.07, 6.45) is -9.29. The van der Waals surface area contributed by atoms with Gasteiger partial charge in [-0.2, -0.15) is 36.9 Å². The number of rotatable bonds is 4. The molecule has 4 rings (SSSR count). The topological polar surface area (TPSA) is 56.8 Å². The smallest absolute Gasteiger partial charge is 0.416 e. The Bertz CT molecular complexity index is 1540. The first-order valence-electron chi connectivity index (χ1n) is 10.8. The first-order valence-corrected chi connectivity index (χ1v) is 12.4. The van der Waals surface area contributed by atoms with Gasteiger partial charge in [-0.3, -0.25) is 0 Å². The molecule has 11 heteroatoms. The maximum atomic E-state index is 13.2. The van der Waals surface area contributed by atoms with Gasteiger partial charge < -0.3 is 4.74 Å². The van der Waals surface area contributed by atoms with E-state index in [4.69, 9.17) is 4.74 Å². The Hall–Kier alpha value is -3.80. The van der Waals surface area contributed by atoms with Crippen LogP contribution in [-0.2, 0) is 12.4 Å². The van der Waals surface area contributed by atoms with Crippen molar-refractivity contribution in [3.8, 4) is 45.9 Å². The summed E-state index contributed by atoms with van der Waals surface area (Å²) in [6.45, 7) is 0. The molecule has 0 spiro atoms. The van der Waals surface area contributed by atoms with Crippen molar-refractivity contribution in [3.05, 3.63) is 104 Å². The summed E-state index contributed by atoms with van der Waals surface area (Å²) in [6, 6.07) is 18.5. The van der Waals surface area contributed by atoms with Crippen LogP contribution in [0.2, 0.25) is 0 Å². The molecule has 0 saturated carbocycles. The van der Waals surface area contributed by atoms with Crippen molar-refractivity contribution in [3.63, 3.8) is 0 Å². The molecule has 39 heavy (non-hydrogen) atoms. The maximum Gasteiger partial charge on any atom is 0.416 e. The van der Waals surface area contributed by atoms with E-state index in [0.29, 0.717) is 8.95 Å². The fourth-order valence-electron chi connectivity index (χ4n) is 3.82. The fourth-order valence-corrected chi connectivity index (χ4v) is 4.54. The summed E-state index contributed by atoms with van der Waals surface area (Å²) in [7, 11) is 0. The summed E-state index contributed by atoms with van der Waals surface area (Å²) in [5.74, 6) is 0.312. The zero-order valence-electron chi connectivity index (χ0n) is 19.3. The Morgan fingerprint density at radius 1 is 0.538 bits per heavy atom. The van der Waals surface area contributed by atoms with Crippen molar-refractivity contribution in [2.45, 2.75) is 12.4 Å². The molecule has 0 heterocycles. The number of hydrogen-bond donors (Lipinski definition) is 0. The Labute approximate surface area is 235 Å². The normalized spacial score (nSPS) is 11.5. The number of nitriles is 2. The van der Waals surface area contributed by atoms with Gasteiger partial charge in [-0.25, -0.2) is 0 Å². The Kier molecular flexibility index (Phi) is 7.78. The third-order valence-corrected chi connectivity index (χ3v) is 6.60. The lowest BCUT2D eigenvalue weighted by Gasteiger charge is -2.18. The van der Waals surface area contributed by atoms with E-state index < -0.39 is 23.5 Å². The van der Waals surface area contributed by atoms with Gasteiger partial charge in [0.25, 0.3) is 0 Å². The second-order valence-electron chi connectivity index (χ2n) is 8.12. The van der Waals surface area contributed by atoms with Gasteiger partial charge in [-0.05, 0) is 60.7 Å². The highest BCUT2D eigenvalue weighted by Crippen LogP contribution is 2.43. The molecule has 0 aliphatic rings. The van der Waals surface area contributed by atoms with Gasteiger partial charge in [0.05, 0.1) is 34.4 Å². The van der Waals surface area contributed by atoms with E-state index in [9.17, 15) is 36.9 Å². The van der Waals surface area contributed by atoms with Gasteiger partial charge >= 0.3 is 12.4 Å². The minimum atomic E-state index is -4.65. The highest BCUT2D eigenvalue weighted by molar-refractivity contribution is 9.10. The lowest BCUT2D eigenvalue weighted by atomic mass is 9.96. The monoisotopic (exact) mass is 664 g/mol. The Morgan fingerprint density at radius 3 is 1.26 bits per heavy atom. The van der Waals surface area contributed by atoms with Crippen LogP contribution in [0.5, 0.6) is 11.5 Å². The van der Waals surface area contributed by atoms with Crippen LogP contribution in [0.1, 0.15) is 22.3 Å². The summed E-state index contributed by atoms with van der Waals surface area (Å²) < 4.78 is 86.6. The van der Waals surface area contributed by atoms with Gasteiger partial charge in [-0.1, -0.05) is 44.0 Å². The van der Waals surface area contributed by atoms with E-state index >= 15 is 0 Å². The average Bonchev–Trinajstić information content (AvgIpc) is 2.88. The van der Waals surface area contributed by atoms with Crippen LogP contribution in [0.25, 0.3) is 22.3 Å². The Balaban J connectivity index is 1.86. The number of ether oxygens (including phenoxy) is 1.